The molecule has 1 aromatic heterocycles. The van der Waals surface area contributed by atoms with Crippen LogP contribution in [0.15, 0.2) is 4.52 Å². The maximum Gasteiger partial charge on any atom is 0.231 e. The van der Waals surface area contributed by atoms with Crippen LogP contribution in [0.3, 0.4) is 0 Å². The molecule has 0 amide bonds. The van der Waals surface area contributed by atoms with E-state index in [4.69, 9.17) is 4.52 Å². The van der Waals surface area contributed by atoms with Crippen molar-refractivity contribution < 1.29 is 4.52 Å². The molecule has 5 heteroatoms. The van der Waals surface area contributed by atoms with Crippen LogP contribution >= 0.6 is 12.4 Å². The first-order valence-electron chi connectivity index (χ1n) is 5.62. The summed E-state index contributed by atoms with van der Waals surface area (Å²) in [5.41, 5.74) is -0.0240. The Kier molecular flexibility index (Phi) is 4.33. The Morgan fingerprint density at radius 3 is 2.62 bits per heavy atom. The van der Waals surface area contributed by atoms with E-state index in [-0.39, 0.29) is 17.8 Å². The summed E-state index contributed by atoms with van der Waals surface area (Å²) in [7, 11) is 0. The maximum absolute atomic E-state index is 5.33. The van der Waals surface area contributed by atoms with E-state index in [1.165, 1.54) is 6.42 Å². The smallest absolute Gasteiger partial charge is 0.231 e. The number of aromatic nitrogens is 2. The second-order valence-corrected chi connectivity index (χ2v) is 5.25. The number of rotatable bonds is 1. The van der Waals surface area contributed by atoms with E-state index in [0.717, 1.165) is 31.2 Å². The van der Waals surface area contributed by atoms with Gasteiger partial charge in [-0.1, -0.05) is 25.9 Å². The maximum atomic E-state index is 5.33. The molecule has 92 valence electrons. The molecule has 1 N–H and O–H groups in total. The normalized spacial score (nSPS) is 21.6. The van der Waals surface area contributed by atoms with Gasteiger partial charge in [-0.25, -0.2) is 0 Å². The highest BCUT2D eigenvalue weighted by molar-refractivity contribution is 5.85. The van der Waals surface area contributed by atoms with Gasteiger partial charge in [0.25, 0.3) is 0 Å². The molecule has 0 bridgehead atoms. The predicted octanol–water partition coefficient (Wildman–Crippen LogP) is 2.26. The molecule has 0 aromatic carbocycles. The number of hydrogen-bond donors (Lipinski definition) is 1. The molecule has 4 nitrogen and oxygen atoms in total. The fourth-order valence-electron chi connectivity index (χ4n) is 1.77. The highest BCUT2D eigenvalue weighted by Gasteiger charge is 2.25. The van der Waals surface area contributed by atoms with Crippen molar-refractivity contribution in [3.05, 3.63) is 11.7 Å². The molecule has 1 atom stereocenters. The lowest BCUT2D eigenvalue weighted by Gasteiger charge is -2.19. The SMILES string of the molecule is CC(C)(C)c1noc(C2CCCNC2)n1.Cl. The number of halogens is 1. The molecule has 16 heavy (non-hydrogen) atoms. The molecule has 0 saturated carbocycles. The van der Waals surface area contributed by atoms with Crippen LogP contribution in [0, 0.1) is 0 Å². The van der Waals surface area contributed by atoms with Gasteiger partial charge < -0.3 is 9.84 Å². The van der Waals surface area contributed by atoms with Gasteiger partial charge in [-0.15, -0.1) is 12.4 Å². The van der Waals surface area contributed by atoms with Gasteiger partial charge in [0.2, 0.25) is 5.89 Å². The summed E-state index contributed by atoms with van der Waals surface area (Å²) in [6, 6.07) is 0. The monoisotopic (exact) mass is 245 g/mol. The Bertz CT molecular complexity index is 326. The van der Waals surface area contributed by atoms with Crippen LogP contribution in [-0.2, 0) is 5.41 Å². The summed E-state index contributed by atoms with van der Waals surface area (Å²) in [4.78, 5) is 4.49. The Morgan fingerprint density at radius 1 is 1.38 bits per heavy atom. The molecule has 1 aliphatic rings. The summed E-state index contributed by atoms with van der Waals surface area (Å²) in [6.07, 6.45) is 2.34. The van der Waals surface area contributed by atoms with Crippen molar-refractivity contribution in [3.8, 4) is 0 Å². The van der Waals surface area contributed by atoms with Gasteiger partial charge in [-0.3, -0.25) is 0 Å². The fraction of sp³-hybridized carbons (Fsp3) is 0.818. The third-order valence-electron chi connectivity index (χ3n) is 2.76. The Hall–Kier alpha value is -0.610. The van der Waals surface area contributed by atoms with Gasteiger partial charge in [-0.05, 0) is 19.4 Å². The van der Waals surface area contributed by atoms with Crippen LogP contribution in [-0.4, -0.2) is 23.2 Å². The molecular weight excluding hydrogens is 226 g/mol. The van der Waals surface area contributed by atoms with Crippen molar-refractivity contribution in [2.45, 2.75) is 44.9 Å². The molecule has 1 unspecified atom stereocenters. The summed E-state index contributed by atoms with van der Waals surface area (Å²) in [5, 5.41) is 7.40. The van der Waals surface area contributed by atoms with Gasteiger partial charge in [0.15, 0.2) is 5.82 Å². The van der Waals surface area contributed by atoms with E-state index in [1.807, 2.05) is 0 Å². The number of piperidine rings is 1. The molecule has 0 aliphatic carbocycles. The largest absolute Gasteiger partial charge is 0.339 e. The zero-order valence-electron chi connectivity index (χ0n) is 10.1. The lowest BCUT2D eigenvalue weighted by atomic mass is 9.95. The molecule has 2 rings (SSSR count). The van der Waals surface area contributed by atoms with E-state index in [2.05, 4.69) is 36.2 Å². The lowest BCUT2D eigenvalue weighted by Crippen LogP contribution is -2.28. The molecule has 1 aliphatic heterocycles. The van der Waals surface area contributed by atoms with Crippen LogP contribution in [0.2, 0.25) is 0 Å². The lowest BCUT2D eigenvalue weighted by molar-refractivity contribution is 0.316. The van der Waals surface area contributed by atoms with E-state index in [1.54, 1.807) is 0 Å². The second kappa shape index (κ2) is 5.15. The van der Waals surface area contributed by atoms with Crippen molar-refractivity contribution in [2.75, 3.05) is 13.1 Å². The molecule has 0 spiro atoms. The first-order chi connectivity index (χ1) is 7.07. The van der Waals surface area contributed by atoms with Crippen molar-refractivity contribution >= 4 is 12.4 Å². The second-order valence-electron chi connectivity index (χ2n) is 5.25. The average molecular weight is 246 g/mol. The molecule has 0 radical (unpaired) electrons. The molecular formula is C11H20ClN3O. The van der Waals surface area contributed by atoms with Crippen LogP contribution < -0.4 is 5.32 Å². The minimum atomic E-state index is -0.0240. The van der Waals surface area contributed by atoms with Crippen LogP contribution in [0.1, 0.15) is 51.2 Å². The Morgan fingerprint density at radius 2 is 2.12 bits per heavy atom. The topological polar surface area (TPSA) is 51.0 Å². The summed E-state index contributed by atoms with van der Waals surface area (Å²) >= 11 is 0. The third kappa shape index (κ3) is 2.95. The predicted molar refractivity (Wildman–Crippen MR) is 65.1 cm³/mol. The van der Waals surface area contributed by atoms with Gasteiger partial charge >= 0.3 is 0 Å². The minimum absolute atomic E-state index is 0. The van der Waals surface area contributed by atoms with E-state index in [9.17, 15) is 0 Å². The highest BCUT2D eigenvalue weighted by Crippen LogP contribution is 2.25. The quantitative estimate of drug-likeness (QED) is 0.825. The van der Waals surface area contributed by atoms with Crippen LogP contribution in [0.25, 0.3) is 0 Å². The van der Waals surface area contributed by atoms with Crippen molar-refractivity contribution in [1.29, 1.82) is 0 Å². The Labute approximate surface area is 103 Å². The van der Waals surface area contributed by atoms with Crippen molar-refractivity contribution in [2.24, 2.45) is 0 Å². The summed E-state index contributed by atoms with van der Waals surface area (Å²) in [5.74, 6) is 2.01. The van der Waals surface area contributed by atoms with Gasteiger partial charge in [0.05, 0.1) is 5.92 Å². The minimum Gasteiger partial charge on any atom is -0.339 e. The zero-order chi connectivity index (χ0) is 10.9. The molecule has 2 heterocycles. The highest BCUT2D eigenvalue weighted by atomic mass is 35.5. The van der Waals surface area contributed by atoms with Crippen molar-refractivity contribution in [1.82, 2.24) is 15.5 Å². The van der Waals surface area contributed by atoms with Gasteiger partial charge in [0, 0.05) is 12.0 Å². The Balaban J connectivity index is 0.00000128. The molecule has 1 aromatic rings. The van der Waals surface area contributed by atoms with E-state index in [0.29, 0.717) is 5.92 Å². The van der Waals surface area contributed by atoms with E-state index < -0.39 is 0 Å². The average Bonchev–Trinajstić information content (AvgIpc) is 2.67. The summed E-state index contributed by atoms with van der Waals surface area (Å²) in [6.45, 7) is 8.37. The standard InChI is InChI=1S/C11H19N3O.ClH/c1-11(2,3)10-13-9(15-14-10)8-5-4-6-12-7-8;/h8,12H,4-7H2,1-3H3;1H. The fourth-order valence-corrected chi connectivity index (χ4v) is 1.77. The zero-order valence-corrected chi connectivity index (χ0v) is 10.9. The number of nitrogens with one attached hydrogen (secondary N) is 1. The number of hydrogen-bond acceptors (Lipinski definition) is 4. The van der Waals surface area contributed by atoms with Gasteiger partial charge in [0.1, 0.15) is 0 Å². The molecule has 1 saturated heterocycles. The van der Waals surface area contributed by atoms with Gasteiger partial charge in [-0.2, -0.15) is 4.98 Å². The first kappa shape index (κ1) is 13.5. The van der Waals surface area contributed by atoms with E-state index >= 15 is 0 Å². The van der Waals surface area contributed by atoms with Crippen molar-refractivity contribution in [3.63, 3.8) is 0 Å². The van der Waals surface area contributed by atoms with Crippen LogP contribution in [0.4, 0.5) is 0 Å². The molecule has 1 fully saturated rings. The third-order valence-corrected chi connectivity index (χ3v) is 2.76. The number of nitrogens with zero attached hydrogens (tertiary/aromatic N) is 2. The summed E-state index contributed by atoms with van der Waals surface area (Å²) < 4.78 is 5.33. The van der Waals surface area contributed by atoms with Crippen LogP contribution in [0.5, 0.6) is 0 Å². The first-order valence-corrected chi connectivity index (χ1v) is 5.62.